The quantitative estimate of drug-likeness (QED) is 0.778. The summed E-state index contributed by atoms with van der Waals surface area (Å²) < 4.78 is 0. The van der Waals surface area contributed by atoms with Crippen LogP contribution >= 0.6 is 0 Å². The van der Waals surface area contributed by atoms with Crippen LogP contribution in [0.4, 0.5) is 5.69 Å². The summed E-state index contributed by atoms with van der Waals surface area (Å²) in [6, 6.07) is 13.0. The van der Waals surface area contributed by atoms with E-state index in [1.54, 1.807) is 11.0 Å². The number of aromatic nitrogens is 1. The second-order valence-electron chi connectivity index (χ2n) is 4.38. The summed E-state index contributed by atoms with van der Waals surface area (Å²) in [6.07, 6.45) is 2.35. The van der Waals surface area contributed by atoms with E-state index in [0.717, 1.165) is 12.1 Å². The summed E-state index contributed by atoms with van der Waals surface area (Å²) in [5.74, 6) is -0.151. The van der Waals surface area contributed by atoms with Crippen molar-refractivity contribution in [2.45, 2.75) is 6.42 Å². The number of hydrogen-bond acceptors (Lipinski definition) is 3. The van der Waals surface area contributed by atoms with Gasteiger partial charge in [0, 0.05) is 18.4 Å². The number of fused-ring (bicyclic) bond motifs is 1. The number of benzene rings is 1. The third-order valence-electron chi connectivity index (χ3n) is 3.24. The smallest absolute Gasteiger partial charge is 0.276 e. The fourth-order valence-corrected chi connectivity index (χ4v) is 2.30. The molecule has 4 nitrogen and oxygen atoms in total. The molecule has 2 aromatic rings. The number of anilines is 1. The molecule has 3 rings (SSSR count). The number of para-hydroxylation sites is 1. The van der Waals surface area contributed by atoms with Gasteiger partial charge >= 0.3 is 0 Å². The van der Waals surface area contributed by atoms with Crippen molar-refractivity contribution in [1.82, 2.24) is 4.98 Å². The number of nitrogens with zero attached hydrogens (tertiary/aromatic N) is 3. The van der Waals surface area contributed by atoms with E-state index in [0.29, 0.717) is 17.8 Å². The maximum atomic E-state index is 12.4. The van der Waals surface area contributed by atoms with Gasteiger partial charge in [0.1, 0.15) is 5.69 Å². The van der Waals surface area contributed by atoms with Gasteiger partial charge in [0.2, 0.25) is 0 Å². The predicted octanol–water partition coefficient (Wildman–Crippen LogP) is 2.16. The van der Waals surface area contributed by atoms with Gasteiger partial charge in [0.25, 0.3) is 5.91 Å². The highest BCUT2D eigenvalue weighted by Gasteiger charge is 2.25. The standard InChI is InChI=1S/C15H11N3O/c16-10-11-5-7-17-13(9-11)15(19)18-8-6-12-3-1-2-4-14(12)18/h1-5,7,9H,6,8H2. The van der Waals surface area contributed by atoms with Crippen molar-refractivity contribution in [2.24, 2.45) is 0 Å². The number of hydrogen-bond donors (Lipinski definition) is 0. The summed E-state index contributed by atoms with van der Waals surface area (Å²) >= 11 is 0. The van der Waals surface area contributed by atoms with Crippen LogP contribution in [0.3, 0.4) is 0 Å². The van der Waals surface area contributed by atoms with Crippen LogP contribution in [-0.4, -0.2) is 17.4 Å². The van der Waals surface area contributed by atoms with Crippen molar-refractivity contribution in [2.75, 3.05) is 11.4 Å². The second kappa shape index (κ2) is 4.54. The lowest BCUT2D eigenvalue weighted by atomic mass is 10.2. The molecule has 0 radical (unpaired) electrons. The Balaban J connectivity index is 1.96. The molecule has 0 spiro atoms. The Kier molecular flexibility index (Phi) is 2.73. The SMILES string of the molecule is N#Cc1ccnc(C(=O)N2CCc3ccccc32)c1. The Bertz CT molecular complexity index is 688. The molecule has 0 saturated carbocycles. The number of rotatable bonds is 1. The molecule has 0 fully saturated rings. The summed E-state index contributed by atoms with van der Waals surface area (Å²) in [5.41, 5.74) is 2.88. The van der Waals surface area contributed by atoms with E-state index in [1.165, 1.54) is 17.8 Å². The first-order chi connectivity index (χ1) is 9.29. The highest BCUT2D eigenvalue weighted by Crippen LogP contribution is 2.28. The Hall–Kier alpha value is -2.67. The summed E-state index contributed by atoms with van der Waals surface area (Å²) in [4.78, 5) is 18.2. The number of carbonyl (C=O) groups is 1. The molecular weight excluding hydrogens is 238 g/mol. The van der Waals surface area contributed by atoms with Crippen molar-refractivity contribution in [1.29, 1.82) is 5.26 Å². The van der Waals surface area contributed by atoms with Crippen molar-refractivity contribution >= 4 is 11.6 Å². The minimum absolute atomic E-state index is 0.151. The molecule has 0 atom stereocenters. The van der Waals surface area contributed by atoms with E-state index >= 15 is 0 Å². The van der Waals surface area contributed by atoms with Gasteiger partial charge in [-0.25, -0.2) is 0 Å². The molecule has 0 N–H and O–H groups in total. The molecular formula is C15H11N3O. The maximum absolute atomic E-state index is 12.4. The van der Waals surface area contributed by atoms with Gasteiger partial charge in [0.15, 0.2) is 0 Å². The first kappa shape index (κ1) is 11.4. The fraction of sp³-hybridized carbons (Fsp3) is 0.133. The van der Waals surface area contributed by atoms with Crippen LogP contribution in [0.25, 0.3) is 0 Å². The molecule has 1 amide bonds. The normalized spacial score (nSPS) is 12.9. The van der Waals surface area contributed by atoms with Crippen LogP contribution in [0.2, 0.25) is 0 Å². The topological polar surface area (TPSA) is 57.0 Å². The van der Waals surface area contributed by atoms with E-state index in [9.17, 15) is 4.79 Å². The highest BCUT2D eigenvalue weighted by molar-refractivity contribution is 6.06. The summed E-state index contributed by atoms with van der Waals surface area (Å²) in [5, 5.41) is 8.86. The Morgan fingerprint density at radius 2 is 2.16 bits per heavy atom. The van der Waals surface area contributed by atoms with Gasteiger partial charge in [-0.3, -0.25) is 9.78 Å². The third-order valence-corrected chi connectivity index (χ3v) is 3.24. The van der Waals surface area contributed by atoms with Crippen LogP contribution < -0.4 is 4.90 Å². The van der Waals surface area contributed by atoms with E-state index in [1.807, 2.05) is 30.3 Å². The van der Waals surface area contributed by atoms with Gasteiger partial charge in [-0.1, -0.05) is 18.2 Å². The maximum Gasteiger partial charge on any atom is 0.276 e. The van der Waals surface area contributed by atoms with Gasteiger partial charge in [-0.05, 0) is 30.2 Å². The molecule has 1 aromatic heterocycles. The van der Waals surface area contributed by atoms with Crippen LogP contribution in [0.5, 0.6) is 0 Å². The fourth-order valence-electron chi connectivity index (χ4n) is 2.30. The lowest BCUT2D eigenvalue weighted by Gasteiger charge is -2.16. The lowest BCUT2D eigenvalue weighted by molar-refractivity contribution is 0.0984. The van der Waals surface area contributed by atoms with E-state index in [-0.39, 0.29) is 5.91 Å². The minimum atomic E-state index is -0.151. The first-order valence-corrected chi connectivity index (χ1v) is 6.05. The molecule has 4 heteroatoms. The molecule has 1 aliphatic rings. The molecule has 1 aromatic carbocycles. The molecule has 0 bridgehead atoms. The monoisotopic (exact) mass is 249 g/mol. The van der Waals surface area contributed by atoms with E-state index in [2.05, 4.69) is 4.98 Å². The largest absolute Gasteiger partial charge is 0.306 e. The lowest BCUT2D eigenvalue weighted by Crippen LogP contribution is -2.29. The average molecular weight is 249 g/mol. The Morgan fingerprint density at radius 3 is 3.00 bits per heavy atom. The number of amides is 1. The van der Waals surface area contributed by atoms with Crippen molar-refractivity contribution in [3.63, 3.8) is 0 Å². The zero-order valence-electron chi connectivity index (χ0n) is 10.2. The van der Waals surface area contributed by atoms with Crippen molar-refractivity contribution < 1.29 is 4.79 Å². The van der Waals surface area contributed by atoms with Gasteiger partial charge in [-0.15, -0.1) is 0 Å². The highest BCUT2D eigenvalue weighted by atomic mass is 16.2. The van der Waals surface area contributed by atoms with Gasteiger partial charge in [-0.2, -0.15) is 5.26 Å². The first-order valence-electron chi connectivity index (χ1n) is 6.05. The number of nitriles is 1. The number of carbonyl (C=O) groups excluding carboxylic acids is 1. The van der Waals surface area contributed by atoms with Gasteiger partial charge in [0.05, 0.1) is 11.6 Å². The minimum Gasteiger partial charge on any atom is -0.306 e. The molecule has 2 heterocycles. The van der Waals surface area contributed by atoms with Crippen LogP contribution in [0.15, 0.2) is 42.6 Å². The zero-order valence-corrected chi connectivity index (χ0v) is 10.2. The van der Waals surface area contributed by atoms with E-state index in [4.69, 9.17) is 5.26 Å². The molecule has 19 heavy (non-hydrogen) atoms. The molecule has 92 valence electrons. The Labute approximate surface area is 110 Å². The predicted molar refractivity (Wildman–Crippen MR) is 70.8 cm³/mol. The molecule has 0 saturated heterocycles. The summed E-state index contributed by atoms with van der Waals surface area (Å²) in [6.45, 7) is 0.663. The van der Waals surface area contributed by atoms with Crippen LogP contribution in [0, 0.1) is 11.3 Å². The van der Waals surface area contributed by atoms with E-state index < -0.39 is 0 Å². The number of pyridine rings is 1. The van der Waals surface area contributed by atoms with Crippen LogP contribution in [0.1, 0.15) is 21.6 Å². The molecule has 0 unspecified atom stereocenters. The molecule has 1 aliphatic heterocycles. The zero-order chi connectivity index (χ0) is 13.2. The third kappa shape index (κ3) is 1.95. The van der Waals surface area contributed by atoms with Crippen molar-refractivity contribution in [3.8, 4) is 6.07 Å². The molecule has 0 aliphatic carbocycles. The average Bonchev–Trinajstić information content (AvgIpc) is 2.90. The Morgan fingerprint density at radius 1 is 1.32 bits per heavy atom. The van der Waals surface area contributed by atoms with Crippen LogP contribution in [-0.2, 0) is 6.42 Å². The van der Waals surface area contributed by atoms with Gasteiger partial charge < -0.3 is 4.90 Å². The summed E-state index contributed by atoms with van der Waals surface area (Å²) in [7, 11) is 0. The van der Waals surface area contributed by atoms with Crippen molar-refractivity contribution in [3.05, 3.63) is 59.4 Å². The second-order valence-corrected chi connectivity index (χ2v) is 4.38.